The fourth-order valence-corrected chi connectivity index (χ4v) is 4.08. The fourth-order valence-electron chi connectivity index (χ4n) is 4.08. The number of nitrogens with two attached hydrogens (primary N) is 1. The van der Waals surface area contributed by atoms with E-state index < -0.39 is 5.56 Å². The second kappa shape index (κ2) is 9.79. The van der Waals surface area contributed by atoms with Gasteiger partial charge in [0.2, 0.25) is 0 Å². The molecular weight excluding hydrogens is 466 g/mol. The molecule has 0 spiro atoms. The molecule has 0 aliphatic heterocycles. The minimum atomic E-state index is -0.430. The van der Waals surface area contributed by atoms with E-state index in [0.717, 1.165) is 22.2 Å². The molecule has 0 aliphatic carbocycles. The van der Waals surface area contributed by atoms with Gasteiger partial charge in [0.1, 0.15) is 46.6 Å². The standard InChI is InChI=1S/C28H23N7O2/c1-17(2)35-15-21(25-26(30)32-16-33-27(25)35)18-9-11-19(12-10-18)37-24-8-5-7-22(20(24)14-29)34-23-6-3-4-13-31-28(23)36/h3-13,15-17H,1-2H3,(H2,30,32,33)(H,31,34,36). The molecule has 3 N–H and O–H groups in total. The number of hydrogen-bond acceptors (Lipinski definition) is 8. The highest BCUT2D eigenvalue weighted by molar-refractivity contribution is 6.00. The van der Waals surface area contributed by atoms with E-state index in [1.165, 1.54) is 12.5 Å². The van der Waals surface area contributed by atoms with Gasteiger partial charge in [-0.25, -0.2) is 15.0 Å². The fraction of sp³-hybridized carbons (Fsp3) is 0.107. The summed E-state index contributed by atoms with van der Waals surface area (Å²) in [7, 11) is 0. The van der Waals surface area contributed by atoms with Gasteiger partial charge < -0.3 is 20.4 Å². The van der Waals surface area contributed by atoms with E-state index in [-0.39, 0.29) is 17.3 Å². The number of nitrogen functional groups attached to an aromatic ring is 1. The quantitative estimate of drug-likeness (QED) is 0.323. The SMILES string of the molecule is CC(C)n1cc(-c2ccc(Oc3cccc(Nc4ccccnc4=O)c3C#N)cc2)c2c(N)ncnc21. The number of nitriles is 1. The van der Waals surface area contributed by atoms with Gasteiger partial charge in [-0.05, 0) is 55.8 Å². The van der Waals surface area contributed by atoms with Gasteiger partial charge in [-0.3, -0.25) is 4.79 Å². The van der Waals surface area contributed by atoms with Crippen molar-refractivity contribution in [2.45, 2.75) is 19.9 Å². The Morgan fingerprint density at radius 1 is 1.00 bits per heavy atom. The molecule has 5 rings (SSSR count). The molecule has 182 valence electrons. The Hall–Kier alpha value is -5.23. The Kier molecular flexibility index (Phi) is 6.22. The molecule has 0 aliphatic rings. The van der Waals surface area contributed by atoms with Crippen molar-refractivity contribution >= 4 is 28.2 Å². The Morgan fingerprint density at radius 3 is 2.54 bits per heavy atom. The van der Waals surface area contributed by atoms with Crippen molar-refractivity contribution in [1.82, 2.24) is 19.5 Å². The van der Waals surface area contributed by atoms with Crippen molar-refractivity contribution in [3.05, 3.63) is 95.3 Å². The maximum absolute atomic E-state index is 12.2. The zero-order valence-corrected chi connectivity index (χ0v) is 20.2. The summed E-state index contributed by atoms with van der Waals surface area (Å²) in [5.74, 6) is 1.33. The predicted molar refractivity (Wildman–Crippen MR) is 143 cm³/mol. The van der Waals surface area contributed by atoms with Gasteiger partial charge in [0.15, 0.2) is 0 Å². The zero-order chi connectivity index (χ0) is 25.9. The summed E-state index contributed by atoms with van der Waals surface area (Å²) in [5.41, 5.74) is 9.38. The molecule has 0 atom stereocenters. The van der Waals surface area contributed by atoms with Crippen LogP contribution in [0.3, 0.4) is 0 Å². The van der Waals surface area contributed by atoms with Crippen LogP contribution in [0.4, 0.5) is 17.2 Å². The van der Waals surface area contributed by atoms with Gasteiger partial charge in [-0.15, -0.1) is 0 Å². The topological polar surface area (TPSA) is 132 Å². The van der Waals surface area contributed by atoms with Crippen LogP contribution >= 0.6 is 0 Å². The minimum absolute atomic E-state index is 0.199. The number of hydrogen-bond donors (Lipinski definition) is 2. The molecule has 2 aromatic carbocycles. The van der Waals surface area contributed by atoms with Crippen molar-refractivity contribution in [3.63, 3.8) is 0 Å². The van der Waals surface area contributed by atoms with Crippen LogP contribution in [-0.4, -0.2) is 19.5 Å². The summed E-state index contributed by atoms with van der Waals surface area (Å²) in [6.45, 7) is 4.17. The third kappa shape index (κ3) is 4.56. The van der Waals surface area contributed by atoms with Crippen molar-refractivity contribution in [2.75, 3.05) is 11.1 Å². The van der Waals surface area contributed by atoms with Crippen molar-refractivity contribution in [1.29, 1.82) is 5.26 Å². The molecule has 0 unspecified atom stereocenters. The highest BCUT2D eigenvalue weighted by atomic mass is 16.5. The largest absolute Gasteiger partial charge is 0.456 e. The van der Waals surface area contributed by atoms with E-state index in [4.69, 9.17) is 10.5 Å². The zero-order valence-electron chi connectivity index (χ0n) is 20.2. The van der Waals surface area contributed by atoms with Gasteiger partial charge in [0, 0.05) is 24.0 Å². The van der Waals surface area contributed by atoms with E-state index in [0.29, 0.717) is 23.0 Å². The van der Waals surface area contributed by atoms with Gasteiger partial charge in [0.05, 0.1) is 11.1 Å². The van der Waals surface area contributed by atoms with Crippen LogP contribution in [0.25, 0.3) is 22.2 Å². The first-order valence-electron chi connectivity index (χ1n) is 11.6. The Morgan fingerprint density at radius 2 is 1.78 bits per heavy atom. The average Bonchev–Trinajstić information content (AvgIpc) is 3.18. The Balaban J connectivity index is 1.46. The smallest absolute Gasteiger partial charge is 0.293 e. The highest BCUT2D eigenvalue weighted by Crippen LogP contribution is 2.36. The number of nitrogens with one attached hydrogen (secondary N) is 1. The molecule has 3 heterocycles. The molecular formula is C28H23N7O2. The molecule has 3 aromatic heterocycles. The first-order valence-corrected chi connectivity index (χ1v) is 11.6. The van der Waals surface area contributed by atoms with E-state index in [1.54, 1.807) is 36.4 Å². The van der Waals surface area contributed by atoms with E-state index in [9.17, 15) is 10.1 Å². The minimum Gasteiger partial charge on any atom is -0.456 e. The van der Waals surface area contributed by atoms with Gasteiger partial charge in [-0.2, -0.15) is 5.26 Å². The average molecular weight is 490 g/mol. The number of nitrogens with zero attached hydrogens (tertiary/aromatic N) is 5. The van der Waals surface area contributed by atoms with Gasteiger partial charge in [-0.1, -0.05) is 24.3 Å². The Bertz CT molecular complexity index is 1700. The lowest BCUT2D eigenvalue weighted by molar-refractivity contribution is 0.481. The third-order valence-corrected chi connectivity index (χ3v) is 5.88. The van der Waals surface area contributed by atoms with Crippen LogP contribution in [0.2, 0.25) is 0 Å². The maximum Gasteiger partial charge on any atom is 0.293 e. The lowest BCUT2D eigenvalue weighted by atomic mass is 10.1. The molecule has 5 aromatic rings. The van der Waals surface area contributed by atoms with Gasteiger partial charge in [0.25, 0.3) is 5.56 Å². The predicted octanol–water partition coefficient (Wildman–Crippen LogP) is 5.42. The maximum atomic E-state index is 12.2. The van der Waals surface area contributed by atoms with Crippen LogP contribution in [-0.2, 0) is 0 Å². The third-order valence-electron chi connectivity index (χ3n) is 5.88. The molecule has 0 bridgehead atoms. The molecule has 0 amide bonds. The summed E-state index contributed by atoms with van der Waals surface area (Å²) in [4.78, 5) is 24.6. The van der Waals surface area contributed by atoms with Crippen molar-refractivity contribution in [2.24, 2.45) is 0 Å². The monoisotopic (exact) mass is 489 g/mol. The Labute approximate surface area is 212 Å². The van der Waals surface area contributed by atoms with Crippen LogP contribution in [0.15, 0.2) is 84.2 Å². The van der Waals surface area contributed by atoms with E-state index >= 15 is 0 Å². The number of aromatic nitrogens is 4. The summed E-state index contributed by atoms with van der Waals surface area (Å²) >= 11 is 0. The number of anilines is 3. The molecule has 0 saturated heterocycles. The van der Waals surface area contributed by atoms with Crippen molar-refractivity contribution in [3.8, 4) is 28.7 Å². The molecule has 9 nitrogen and oxygen atoms in total. The van der Waals surface area contributed by atoms with Crippen LogP contribution in [0, 0.1) is 11.3 Å². The molecule has 37 heavy (non-hydrogen) atoms. The molecule has 0 radical (unpaired) electrons. The number of fused-ring (bicyclic) bond motifs is 1. The number of benzene rings is 2. The van der Waals surface area contributed by atoms with Crippen molar-refractivity contribution < 1.29 is 4.74 Å². The molecule has 0 saturated carbocycles. The normalized spacial score (nSPS) is 10.9. The second-order valence-corrected chi connectivity index (χ2v) is 8.59. The molecule has 0 fully saturated rings. The number of ether oxygens (including phenoxy) is 1. The van der Waals surface area contributed by atoms with E-state index in [2.05, 4.69) is 44.8 Å². The lowest BCUT2D eigenvalue weighted by Crippen LogP contribution is -2.08. The summed E-state index contributed by atoms with van der Waals surface area (Å²) < 4.78 is 8.13. The lowest BCUT2D eigenvalue weighted by Gasteiger charge is -2.12. The first kappa shape index (κ1) is 23.5. The summed E-state index contributed by atoms with van der Waals surface area (Å²) in [6.07, 6.45) is 4.92. The number of rotatable bonds is 6. The van der Waals surface area contributed by atoms with E-state index in [1.807, 2.05) is 30.5 Å². The highest BCUT2D eigenvalue weighted by Gasteiger charge is 2.17. The summed E-state index contributed by atoms with van der Waals surface area (Å²) in [6, 6.07) is 20.0. The summed E-state index contributed by atoms with van der Waals surface area (Å²) in [5, 5.41) is 13.7. The van der Waals surface area contributed by atoms with Crippen LogP contribution in [0.5, 0.6) is 11.5 Å². The second-order valence-electron chi connectivity index (χ2n) is 8.59. The van der Waals surface area contributed by atoms with Crippen LogP contribution in [0.1, 0.15) is 25.5 Å². The van der Waals surface area contributed by atoms with Crippen LogP contribution < -0.4 is 21.3 Å². The first-order chi connectivity index (χ1) is 18.0. The molecule has 9 heteroatoms. The van der Waals surface area contributed by atoms with Gasteiger partial charge >= 0.3 is 0 Å².